The van der Waals surface area contributed by atoms with Crippen LogP contribution >= 0.6 is 0 Å². The van der Waals surface area contributed by atoms with Gasteiger partial charge in [-0.1, -0.05) is 30.2 Å². The molecular weight excluding hydrogens is 380 g/mol. The Hall–Kier alpha value is -3.72. The number of hydrogen-bond acceptors (Lipinski definition) is 4. The zero-order valence-electron chi connectivity index (χ0n) is 18.0. The molecular formula is C24H30N2O4. The summed E-state index contributed by atoms with van der Waals surface area (Å²) in [6.07, 6.45) is 13.4. The lowest BCUT2D eigenvalue weighted by atomic mass is 10.1. The van der Waals surface area contributed by atoms with Gasteiger partial charge in [0.15, 0.2) is 11.5 Å². The summed E-state index contributed by atoms with van der Waals surface area (Å²) in [5, 5.41) is 5.38. The van der Waals surface area contributed by atoms with Crippen LogP contribution in [-0.4, -0.2) is 38.6 Å². The highest BCUT2D eigenvalue weighted by Gasteiger charge is 2.17. The molecule has 2 amide bonds. The van der Waals surface area contributed by atoms with E-state index in [0.717, 1.165) is 5.56 Å². The van der Waals surface area contributed by atoms with Crippen LogP contribution in [0.1, 0.15) is 19.4 Å². The normalized spacial score (nSPS) is 11.8. The number of terminal acetylenes is 1. The van der Waals surface area contributed by atoms with E-state index in [-0.39, 0.29) is 18.4 Å². The number of amides is 2. The summed E-state index contributed by atoms with van der Waals surface area (Å²) in [5.41, 5.74) is 1.18. The maximum Gasteiger partial charge on any atom is 0.250 e. The summed E-state index contributed by atoms with van der Waals surface area (Å²) >= 11 is 0. The van der Waals surface area contributed by atoms with Crippen LogP contribution in [0.15, 0.2) is 61.2 Å². The lowest BCUT2D eigenvalue weighted by Crippen LogP contribution is -2.39. The molecule has 160 valence electrons. The van der Waals surface area contributed by atoms with Gasteiger partial charge in [-0.05, 0) is 37.6 Å². The topological polar surface area (TPSA) is 76.7 Å². The van der Waals surface area contributed by atoms with Crippen molar-refractivity contribution in [2.75, 3.05) is 20.8 Å². The van der Waals surface area contributed by atoms with Crippen LogP contribution in [0.3, 0.4) is 0 Å². The van der Waals surface area contributed by atoms with E-state index in [9.17, 15) is 9.59 Å². The number of allylic oxidation sites excluding steroid dienone is 3. The fraction of sp³-hybridized carbons (Fsp3) is 0.250. The number of methoxy groups -OCH3 is 2. The van der Waals surface area contributed by atoms with Gasteiger partial charge in [0.25, 0.3) is 0 Å². The van der Waals surface area contributed by atoms with E-state index in [1.165, 1.54) is 6.08 Å². The van der Waals surface area contributed by atoms with Crippen LogP contribution in [-0.2, 0) is 9.59 Å². The SMILES string of the molecule is C#CCNC(=O)/C(=C/C=C\C)C(C)NC(=O)/C=C/c1ccc(OC)c(OC)c1.C=C. The summed E-state index contributed by atoms with van der Waals surface area (Å²) in [5.74, 6) is 2.86. The van der Waals surface area contributed by atoms with Gasteiger partial charge in [-0.15, -0.1) is 19.6 Å². The zero-order valence-corrected chi connectivity index (χ0v) is 18.0. The van der Waals surface area contributed by atoms with Crippen LogP contribution in [0.5, 0.6) is 11.5 Å². The van der Waals surface area contributed by atoms with Gasteiger partial charge in [-0.2, -0.15) is 0 Å². The van der Waals surface area contributed by atoms with Gasteiger partial charge in [0.1, 0.15) is 0 Å². The van der Waals surface area contributed by atoms with Crippen LogP contribution < -0.4 is 20.1 Å². The first-order valence-corrected chi connectivity index (χ1v) is 9.21. The van der Waals surface area contributed by atoms with Gasteiger partial charge >= 0.3 is 0 Å². The van der Waals surface area contributed by atoms with Gasteiger partial charge in [0.2, 0.25) is 11.8 Å². The number of nitrogens with one attached hydrogen (secondary N) is 2. The van der Waals surface area contributed by atoms with Gasteiger partial charge in [0, 0.05) is 11.6 Å². The molecule has 0 heterocycles. The first-order chi connectivity index (χ1) is 14.5. The highest BCUT2D eigenvalue weighted by molar-refractivity contribution is 5.97. The van der Waals surface area contributed by atoms with Gasteiger partial charge < -0.3 is 20.1 Å². The zero-order chi connectivity index (χ0) is 22.9. The van der Waals surface area contributed by atoms with Crippen LogP contribution in [0.2, 0.25) is 0 Å². The molecule has 1 unspecified atom stereocenters. The third kappa shape index (κ3) is 8.98. The van der Waals surface area contributed by atoms with Crippen molar-refractivity contribution in [3.8, 4) is 23.8 Å². The highest BCUT2D eigenvalue weighted by atomic mass is 16.5. The van der Waals surface area contributed by atoms with E-state index in [0.29, 0.717) is 17.1 Å². The monoisotopic (exact) mass is 410 g/mol. The lowest BCUT2D eigenvalue weighted by molar-refractivity contribution is -0.118. The minimum Gasteiger partial charge on any atom is -0.493 e. The molecule has 0 saturated heterocycles. The molecule has 1 aromatic carbocycles. The summed E-state index contributed by atoms with van der Waals surface area (Å²) in [6, 6.07) is 4.82. The molecule has 0 radical (unpaired) electrons. The fourth-order valence-electron chi connectivity index (χ4n) is 2.32. The Morgan fingerprint density at radius 2 is 1.90 bits per heavy atom. The molecule has 30 heavy (non-hydrogen) atoms. The van der Waals surface area contributed by atoms with Crippen molar-refractivity contribution in [2.45, 2.75) is 19.9 Å². The minimum absolute atomic E-state index is 0.117. The Labute approximate surface area is 179 Å². The molecule has 0 aliphatic heterocycles. The molecule has 0 aromatic heterocycles. The Morgan fingerprint density at radius 3 is 2.47 bits per heavy atom. The number of ether oxygens (including phenoxy) is 2. The van der Waals surface area contributed by atoms with Gasteiger partial charge in [-0.3, -0.25) is 9.59 Å². The Kier molecular flexibility index (Phi) is 13.3. The highest BCUT2D eigenvalue weighted by Crippen LogP contribution is 2.27. The molecule has 1 rings (SSSR count). The van der Waals surface area contributed by atoms with E-state index < -0.39 is 6.04 Å². The molecule has 0 aliphatic rings. The van der Waals surface area contributed by atoms with Crippen LogP contribution in [0, 0.1) is 12.3 Å². The fourth-order valence-corrected chi connectivity index (χ4v) is 2.32. The lowest BCUT2D eigenvalue weighted by Gasteiger charge is -2.16. The second kappa shape index (κ2) is 15.2. The number of carbonyl (C=O) groups is 2. The number of benzene rings is 1. The van der Waals surface area contributed by atoms with Crippen molar-refractivity contribution < 1.29 is 19.1 Å². The van der Waals surface area contributed by atoms with E-state index in [1.54, 1.807) is 63.6 Å². The molecule has 1 aromatic rings. The number of rotatable bonds is 9. The third-order valence-electron chi connectivity index (χ3n) is 3.74. The number of hydrogen-bond donors (Lipinski definition) is 2. The smallest absolute Gasteiger partial charge is 0.250 e. The maximum absolute atomic E-state index is 12.3. The molecule has 6 nitrogen and oxygen atoms in total. The standard InChI is InChI=1S/C22H26N2O4.C2H4/c1-6-8-9-18(22(26)23-14-7-2)16(3)24-21(25)13-11-17-10-12-19(27-4)20(15-17)28-5;1-2/h2,6,8-13,15-16H,14H2,1,3-5H3,(H,23,26)(H,24,25);1-2H2/b8-6-,13-11+,18-9+;. The third-order valence-corrected chi connectivity index (χ3v) is 3.74. The van der Waals surface area contributed by atoms with E-state index in [4.69, 9.17) is 15.9 Å². The Morgan fingerprint density at radius 1 is 1.23 bits per heavy atom. The predicted octanol–water partition coefficient (Wildman–Crippen LogP) is 3.28. The maximum atomic E-state index is 12.3. The van der Waals surface area contributed by atoms with Crippen molar-refractivity contribution in [3.63, 3.8) is 0 Å². The second-order valence-corrected chi connectivity index (χ2v) is 5.71. The second-order valence-electron chi connectivity index (χ2n) is 5.71. The predicted molar refractivity (Wildman–Crippen MR) is 122 cm³/mol. The van der Waals surface area contributed by atoms with E-state index >= 15 is 0 Å². The van der Waals surface area contributed by atoms with Crippen LogP contribution in [0.4, 0.5) is 0 Å². The van der Waals surface area contributed by atoms with Crippen molar-refractivity contribution in [3.05, 3.63) is 66.8 Å². The van der Waals surface area contributed by atoms with E-state index in [2.05, 4.69) is 29.7 Å². The van der Waals surface area contributed by atoms with Gasteiger partial charge in [-0.25, -0.2) is 0 Å². The molecule has 0 spiro atoms. The molecule has 0 aliphatic carbocycles. The Balaban J connectivity index is 0.00000407. The molecule has 1 atom stereocenters. The van der Waals surface area contributed by atoms with Crippen molar-refractivity contribution in [1.82, 2.24) is 10.6 Å². The number of carbonyl (C=O) groups excluding carboxylic acids is 2. The summed E-state index contributed by atoms with van der Waals surface area (Å²) in [7, 11) is 3.10. The summed E-state index contributed by atoms with van der Waals surface area (Å²) in [6.45, 7) is 9.68. The Bertz CT molecular complexity index is 832. The summed E-state index contributed by atoms with van der Waals surface area (Å²) < 4.78 is 10.4. The molecule has 6 heteroatoms. The van der Waals surface area contributed by atoms with E-state index in [1.807, 2.05) is 6.92 Å². The van der Waals surface area contributed by atoms with Crippen molar-refractivity contribution >= 4 is 17.9 Å². The van der Waals surface area contributed by atoms with Crippen molar-refractivity contribution in [1.29, 1.82) is 0 Å². The largest absolute Gasteiger partial charge is 0.493 e. The first kappa shape index (κ1) is 26.3. The average molecular weight is 411 g/mol. The quantitative estimate of drug-likeness (QED) is 0.284. The molecule has 0 bridgehead atoms. The first-order valence-electron chi connectivity index (χ1n) is 9.21. The molecule has 0 fully saturated rings. The molecule has 0 saturated carbocycles. The van der Waals surface area contributed by atoms with Crippen molar-refractivity contribution in [2.24, 2.45) is 0 Å². The van der Waals surface area contributed by atoms with Gasteiger partial charge in [0.05, 0.1) is 26.8 Å². The minimum atomic E-state index is -0.503. The summed E-state index contributed by atoms with van der Waals surface area (Å²) in [4.78, 5) is 24.5. The van der Waals surface area contributed by atoms with Crippen LogP contribution in [0.25, 0.3) is 6.08 Å². The average Bonchev–Trinajstić information content (AvgIpc) is 2.77. The molecule has 2 N–H and O–H groups in total.